The Morgan fingerprint density at radius 2 is 1.90 bits per heavy atom. The van der Waals surface area contributed by atoms with E-state index in [0.29, 0.717) is 12.0 Å². The molecule has 20 heavy (non-hydrogen) atoms. The zero-order valence-electron chi connectivity index (χ0n) is 10.9. The second-order valence-corrected chi connectivity index (χ2v) is 4.66. The molecule has 0 saturated heterocycles. The highest BCUT2D eigenvalue weighted by Crippen LogP contribution is 2.26. The van der Waals surface area contributed by atoms with Gasteiger partial charge in [0.05, 0.1) is 0 Å². The standard InChI is InChI=1S/C13H16F3NO3/c1-8(7-12(18)19)6-11(17)9-2-4-10(5-3-9)20-13(14,15)16/h2-5,8,11H,6-7,17H2,1H3,(H,18,19). The Hall–Kier alpha value is -1.76. The first kappa shape index (κ1) is 16.3. The topological polar surface area (TPSA) is 72.5 Å². The number of carbonyl (C=O) groups is 1. The summed E-state index contributed by atoms with van der Waals surface area (Å²) < 4.78 is 39.7. The van der Waals surface area contributed by atoms with Crippen LogP contribution in [0.25, 0.3) is 0 Å². The summed E-state index contributed by atoms with van der Waals surface area (Å²) in [5, 5.41) is 8.65. The summed E-state index contributed by atoms with van der Waals surface area (Å²) in [6, 6.07) is 4.83. The number of halogens is 3. The molecular formula is C13H16F3NO3. The average Bonchev–Trinajstić information content (AvgIpc) is 2.26. The Morgan fingerprint density at radius 3 is 2.35 bits per heavy atom. The fraction of sp³-hybridized carbons (Fsp3) is 0.462. The molecule has 0 aliphatic carbocycles. The predicted molar refractivity (Wildman–Crippen MR) is 66.1 cm³/mol. The third kappa shape index (κ3) is 5.92. The summed E-state index contributed by atoms with van der Waals surface area (Å²) in [6.45, 7) is 1.76. The van der Waals surface area contributed by atoms with Crippen LogP contribution in [0.5, 0.6) is 5.75 Å². The minimum absolute atomic E-state index is 0.00294. The fourth-order valence-corrected chi connectivity index (χ4v) is 1.87. The van der Waals surface area contributed by atoms with Gasteiger partial charge in [0.25, 0.3) is 0 Å². The smallest absolute Gasteiger partial charge is 0.481 e. The molecule has 0 saturated carbocycles. The molecule has 0 bridgehead atoms. The van der Waals surface area contributed by atoms with Crippen molar-refractivity contribution in [2.75, 3.05) is 0 Å². The van der Waals surface area contributed by atoms with E-state index in [1.165, 1.54) is 24.3 Å². The number of hydrogen-bond acceptors (Lipinski definition) is 3. The van der Waals surface area contributed by atoms with E-state index in [4.69, 9.17) is 10.8 Å². The first-order valence-electron chi connectivity index (χ1n) is 6.00. The maximum atomic E-state index is 12.0. The number of nitrogens with two attached hydrogens (primary N) is 1. The predicted octanol–water partition coefficient (Wildman–Crippen LogP) is 3.09. The third-order valence-corrected chi connectivity index (χ3v) is 2.72. The number of carboxylic acid groups (broad SMARTS) is 1. The van der Waals surface area contributed by atoms with Crippen LogP contribution in [0.2, 0.25) is 0 Å². The van der Waals surface area contributed by atoms with Gasteiger partial charge in [0.15, 0.2) is 0 Å². The lowest BCUT2D eigenvalue weighted by Gasteiger charge is -2.17. The Morgan fingerprint density at radius 1 is 1.35 bits per heavy atom. The summed E-state index contributed by atoms with van der Waals surface area (Å²) in [5.74, 6) is -1.33. The second kappa shape index (κ2) is 6.60. The van der Waals surface area contributed by atoms with Gasteiger partial charge in [-0.3, -0.25) is 4.79 Å². The van der Waals surface area contributed by atoms with Crippen molar-refractivity contribution in [2.45, 2.75) is 32.2 Å². The Labute approximate surface area is 114 Å². The normalized spacial score (nSPS) is 14.7. The van der Waals surface area contributed by atoms with Crippen LogP contribution in [0, 0.1) is 5.92 Å². The van der Waals surface area contributed by atoms with Crippen LogP contribution in [-0.4, -0.2) is 17.4 Å². The third-order valence-electron chi connectivity index (χ3n) is 2.72. The van der Waals surface area contributed by atoms with Crippen LogP contribution in [0.15, 0.2) is 24.3 Å². The molecule has 112 valence electrons. The van der Waals surface area contributed by atoms with E-state index in [9.17, 15) is 18.0 Å². The number of aliphatic carboxylic acids is 1. The van der Waals surface area contributed by atoms with E-state index in [0.717, 1.165) is 0 Å². The van der Waals surface area contributed by atoms with Crippen molar-refractivity contribution < 1.29 is 27.8 Å². The maximum Gasteiger partial charge on any atom is 0.573 e. The van der Waals surface area contributed by atoms with E-state index in [-0.39, 0.29) is 18.1 Å². The minimum atomic E-state index is -4.72. The van der Waals surface area contributed by atoms with Crippen molar-refractivity contribution in [1.82, 2.24) is 0 Å². The van der Waals surface area contributed by atoms with Gasteiger partial charge in [-0.05, 0) is 30.0 Å². The lowest BCUT2D eigenvalue weighted by Crippen LogP contribution is -2.18. The van der Waals surface area contributed by atoms with Crippen molar-refractivity contribution in [1.29, 1.82) is 0 Å². The lowest BCUT2D eigenvalue weighted by atomic mass is 9.94. The van der Waals surface area contributed by atoms with Crippen LogP contribution in [0.4, 0.5) is 13.2 Å². The SMILES string of the molecule is CC(CC(=O)O)CC(N)c1ccc(OC(F)(F)F)cc1. The van der Waals surface area contributed by atoms with Gasteiger partial charge in [-0.25, -0.2) is 0 Å². The second-order valence-electron chi connectivity index (χ2n) is 4.66. The Balaban J connectivity index is 2.61. The van der Waals surface area contributed by atoms with Crippen LogP contribution in [0.3, 0.4) is 0 Å². The molecule has 0 aromatic heterocycles. The lowest BCUT2D eigenvalue weighted by molar-refractivity contribution is -0.274. The van der Waals surface area contributed by atoms with Crippen LogP contribution in [-0.2, 0) is 4.79 Å². The summed E-state index contributed by atoms with van der Waals surface area (Å²) in [5.41, 5.74) is 6.53. The van der Waals surface area contributed by atoms with Gasteiger partial charge in [0.2, 0.25) is 0 Å². The maximum absolute atomic E-state index is 12.0. The van der Waals surface area contributed by atoms with E-state index < -0.39 is 18.4 Å². The van der Waals surface area contributed by atoms with Crippen LogP contribution < -0.4 is 10.5 Å². The van der Waals surface area contributed by atoms with Crippen molar-refractivity contribution in [3.8, 4) is 5.75 Å². The van der Waals surface area contributed by atoms with Gasteiger partial charge in [-0.1, -0.05) is 19.1 Å². The molecule has 7 heteroatoms. The number of ether oxygens (including phenoxy) is 1. The van der Waals surface area contributed by atoms with Crippen molar-refractivity contribution in [3.05, 3.63) is 29.8 Å². The van der Waals surface area contributed by atoms with E-state index in [2.05, 4.69) is 4.74 Å². The van der Waals surface area contributed by atoms with Crippen molar-refractivity contribution in [2.24, 2.45) is 11.7 Å². The molecule has 1 aromatic rings. The summed E-state index contributed by atoms with van der Waals surface area (Å²) in [4.78, 5) is 10.5. The highest BCUT2D eigenvalue weighted by molar-refractivity contribution is 5.66. The summed E-state index contributed by atoms with van der Waals surface area (Å²) in [7, 11) is 0. The molecule has 0 amide bonds. The molecule has 4 nitrogen and oxygen atoms in total. The van der Waals surface area contributed by atoms with Crippen molar-refractivity contribution >= 4 is 5.97 Å². The number of hydrogen-bond donors (Lipinski definition) is 2. The van der Waals surface area contributed by atoms with Gasteiger partial charge < -0.3 is 15.6 Å². The Bertz CT molecular complexity index is 445. The quantitative estimate of drug-likeness (QED) is 0.844. The van der Waals surface area contributed by atoms with Gasteiger partial charge >= 0.3 is 12.3 Å². The van der Waals surface area contributed by atoms with Gasteiger partial charge in [-0.15, -0.1) is 13.2 Å². The highest BCUT2D eigenvalue weighted by atomic mass is 19.4. The molecule has 2 unspecified atom stereocenters. The first-order valence-corrected chi connectivity index (χ1v) is 6.00. The number of carboxylic acids is 1. The van der Waals surface area contributed by atoms with E-state index in [1.54, 1.807) is 6.92 Å². The number of benzene rings is 1. The zero-order valence-corrected chi connectivity index (χ0v) is 10.9. The monoisotopic (exact) mass is 291 g/mol. The van der Waals surface area contributed by atoms with E-state index in [1.807, 2.05) is 0 Å². The Kier molecular flexibility index (Phi) is 5.38. The average molecular weight is 291 g/mol. The molecule has 0 aliphatic heterocycles. The van der Waals surface area contributed by atoms with Gasteiger partial charge in [-0.2, -0.15) is 0 Å². The molecule has 0 radical (unpaired) electrons. The van der Waals surface area contributed by atoms with Crippen LogP contribution in [0.1, 0.15) is 31.4 Å². The zero-order chi connectivity index (χ0) is 15.3. The summed E-state index contributed by atoms with van der Waals surface area (Å²) >= 11 is 0. The van der Waals surface area contributed by atoms with E-state index >= 15 is 0 Å². The largest absolute Gasteiger partial charge is 0.573 e. The molecule has 0 fully saturated rings. The van der Waals surface area contributed by atoms with Crippen molar-refractivity contribution in [3.63, 3.8) is 0 Å². The fourth-order valence-electron chi connectivity index (χ4n) is 1.87. The first-order chi connectivity index (χ1) is 9.17. The molecule has 1 rings (SSSR count). The number of rotatable bonds is 6. The van der Waals surface area contributed by atoms with Gasteiger partial charge in [0, 0.05) is 12.5 Å². The minimum Gasteiger partial charge on any atom is -0.481 e. The molecule has 1 aromatic carbocycles. The molecule has 2 atom stereocenters. The number of alkyl halides is 3. The summed E-state index contributed by atoms with van der Waals surface area (Å²) in [6.07, 6.45) is -4.28. The van der Waals surface area contributed by atoms with Gasteiger partial charge in [0.1, 0.15) is 5.75 Å². The molecule has 0 heterocycles. The highest BCUT2D eigenvalue weighted by Gasteiger charge is 2.31. The molecule has 3 N–H and O–H groups in total. The van der Waals surface area contributed by atoms with Crippen LogP contribution >= 0.6 is 0 Å². The molecule has 0 spiro atoms. The molecular weight excluding hydrogens is 275 g/mol. The molecule has 0 aliphatic rings.